The molecule has 0 aliphatic carbocycles. The van der Waals surface area contributed by atoms with E-state index >= 15 is 0 Å². The highest BCUT2D eigenvalue weighted by molar-refractivity contribution is 9.09. The predicted octanol–water partition coefficient (Wildman–Crippen LogP) is 4.27. The van der Waals surface area contributed by atoms with E-state index in [2.05, 4.69) is 26.0 Å². The summed E-state index contributed by atoms with van der Waals surface area (Å²) in [6.45, 7) is 3.93. The minimum Gasteiger partial charge on any atom is -0.406 e. The second-order valence-corrected chi connectivity index (χ2v) is 5.21. The van der Waals surface area contributed by atoms with Crippen molar-refractivity contribution in [3.8, 4) is 5.75 Å². The Labute approximate surface area is 130 Å². The lowest BCUT2D eigenvalue weighted by Crippen LogP contribution is -2.49. The van der Waals surface area contributed by atoms with Gasteiger partial charge in [0, 0.05) is 16.4 Å². The van der Waals surface area contributed by atoms with Crippen LogP contribution in [-0.4, -0.2) is 23.1 Å². The molecule has 0 fully saturated rings. The zero-order valence-corrected chi connectivity index (χ0v) is 13.3. The molecule has 0 aromatic heterocycles. The molecule has 0 spiro atoms. The number of halogens is 4. The van der Waals surface area contributed by atoms with Gasteiger partial charge in [0.1, 0.15) is 5.75 Å². The Morgan fingerprint density at radius 3 is 2.10 bits per heavy atom. The van der Waals surface area contributed by atoms with Crippen LogP contribution < -0.4 is 10.1 Å². The SMILES string of the molecule is CCC(CC)(CBr)NC(=O)c1ccc(OC(F)(F)F)cc1. The molecule has 0 bridgehead atoms. The fourth-order valence-corrected chi connectivity index (χ4v) is 2.70. The number of hydrogen-bond acceptors (Lipinski definition) is 2. The van der Waals surface area contributed by atoms with Crippen molar-refractivity contribution in [1.82, 2.24) is 5.32 Å². The third-order valence-corrected chi connectivity index (χ3v) is 4.41. The van der Waals surface area contributed by atoms with Crippen LogP contribution in [0.5, 0.6) is 5.75 Å². The maximum absolute atomic E-state index is 12.1. The van der Waals surface area contributed by atoms with Crippen molar-refractivity contribution in [2.45, 2.75) is 38.6 Å². The average molecular weight is 368 g/mol. The molecular weight excluding hydrogens is 351 g/mol. The second kappa shape index (κ2) is 7.15. The normalized spacial score (nSPS) is 12.1. The summed E-state index contributed by atoms with van der Waals surface area (Å²) in [5, 5.41) is 3.52. The molecule has 1 aromatic carbocycles. The van der Waals surface area contributed by atoms with Gasteiger partial charge >= 0.3 is 6.36 Å². The van der Waals surface area contributed by atoms with Crippen molar-refractivity contribution in [2.24, 2.45) is 0 Å². The van der Waals surface area contributed by atoms with Crippen LogP contribution >= 0.6 is 15.9 Å². The van der Waals surface area contributed by atoms with E-state index in [1.165, 1.54) is 12.1 Å². The largest absolute Gasteiger partial charge is 0.573 e. The van der Waals surface area contributed by atoms with Crippen molar-refractivity contribution in [3.05, 3.63) is 29.8 Å². The van der Waals surface area contributed by atoms with Gasteiger partial charge in [-0.3, -0.25) is 4.79 Å². The molecule has 0 saturated heterocycles. The van der Waals surface area contributed by atoms with E-state index in [0.29, 0.717) is 5.33 Å². The quantitative estimate of drug-likeness (QED) is 0.762. The molecular formula is C14H17BrF3NO2. The molecule has 7 heteroatoms. The third kappa shape index (κ3) is 5.22. The van der Waals surface area contributed by atoms with E-state index in [0.717, 1.165) is 25.0 Å². The van der Waals surface area contributed by atoms with Crippen LogP contribution in [0.4, 0.5) is 13.2 Å². The van der Waals surface area contributed by atoms with Crippen molar-refractivity contribution < 1.29 is 22.7 Å². The standard InChI is InChI=1S/C14H17BrF3NO2/c1-3-13(4-2,9-15)19-12(20)10-5-7-11(8-6-10)21-14(16,17)18/h5-8H,3-4,9H2,1-2H3,(H,19,20). The first-order valence-electron chi connectivity index (χ1n) is 6.49. The number of amides is 1. The third-order valence-electron chi connectivity index (χ3n) is 3.34. The maximum atomic E-state index is 12.1. The van der Waals surface area contributed by atoms with Gasteiger partial charge in [-0.05, 0) is 37.1 Å². The first-order valence-corrected chi connectivity index (χ1v) is 7.61. The van der Waals surface area contributed by atoms with Gasteiger partial charge in [-0.2, -0.15) is 0 Å². The topological polar surface area (TPSA) is 38.3 Å². The van der Waals surface area contributed by atoms with E-state index in [4.69, 9.17) is 0 Å². The van der Waals surface area contributed by atoms with Gasteiger partial charge in [0.25, 0.3) is 5.91 Å². The van der Waals surface area contributed by atoms with Crippen LogP contribution in [0.2, 0.25) is 0 Å². The van der Waals surface area contributed by atoms with Crippen LogP contribution in [-0.2, 0) is 0 Å². The summed E-state index contributed by atoms with van der Waals surface area (Å²) in [4.78, 5) is 12.1. The maximum Gasteiger partial charge on any atom is 0.573 e. The zero-order valence-electron chi connectivity index (χ0n) is 11.8. The number of carbonyl (C=O) groups is 1. The molecule has 0 aliphatic rings. The number of ether oxygens (including phenoxy) is 1. The van der Waals surface area contributed by atoms with Gasteiger partial charge in [0.15, 0.2) is 0 Å². The molecule has 1 amide bonds. The Balaban J connectivity index is 2.80. The van der Waals surface area contributed by atoms with E-state index < -0.39 is 6.36 Å². The van der Waals surface area contributed by atoms with Gasteiger partial charge in [-0.25, -0.2) is 0 Å². The van der Waals surface area contributed by atoms with Crippen molar-refractivity contribution in [3.63, 3.8) is 0 Å². The van der Waals surface area contributed by atoms with Crippen molar-refractivity contribution in [1.29, 1.82) is 0 Å². The number of carbonyl (C=O) groups excluding carboxylic acids is 1. The molecule has 0 atom stereocenters. The lowest BCUT2D eigenvalue weighted by atomic mass is 9.95. The minimum atomic E-state index is -4.74. The lowest BCUT2D eigenvalue weighted by molar-refractivity contribution is -0.274. The fraction of sp³-hybridized carbons (Fsp3) is 0.500. The van der Waals surface area contributed by atoms with Crippen molar-refractivity contribution in [2.75, 3.05) is 5.33 Å². The first-order chi connectivity index (χ1) is 9.75. The minimum absolute atomic E-state index is 0.289. The summed E-state index contributed by atoms with van der Waals surface area (Å²) in [7, 11) is 0. The Morgan fingerprint density at radius 1 is 1.19 bits per heavy atom. The van der Waals surface area contributed by atoms with Gasteiger partial charge in [0.05, 0.1) is 0 Å². The predicted molar refractivity (Wildman–Crippen MR) is 77.7 cm³/mol. The van der Waals surface area contributed by atoms with E-state index in [9.17, 15) is 18.0 Å². The second-order valence-electron chi connectivity index (χ2n) is 4.65. The summed E-state index contributed by atoms with van der Waals surface area (Å²) in [5.74, 6) is -0.673. The summed E-state index contributed by atoms with van der Waals surface area (Å²) < 4.78 is 39.9. The van der Waals surface area contributed by atoms with Crippen LogP contribution in [0.1, 0.15) is 37.0 Å². The van der Waals surface area contributed by atoms with Crippen molar-refractivity contribution >= 4 is 21.8 Å². The van der Waals surface area contributed by atoms with Crippen LogP contribution in [0.3, 0.4) is 0 Å². The van der Waals surface area contributed by atoms with E-state index in [1.807, 2.05) is 13.8 Å². The van der Waals surface area contributed by atoms with Gasteiger partial charge in [-0.1, -0.05) is 29.8 Å². The molecule has 21 heavy (non-hydrogen) atoms. The van der Waals surface area contributed by atoms with Gasteiger partial charge < -0.3 is 10.1 Å². The summed E-state index contributed by atoms with van der Waals surface area (Å²) in [5.41, 5.74) is -0.0742. The lowest BCUT2D eigenvalue weighted by Gasteiger charge is -2.30. The highest BCUT2D eigenvalue weighted by Crippen LogP contribution is 2.23. The van der Waals surface area contributed by atoms with Gasteiger partial charge in [-0.15, -0.1) is 13.2 Å². The molecule has 0 unspecified atom stereocenters. The Bertz CT molecular complexity index is 462. The molecule has 1 N–H and O–H groups in total. The van der Waals surface area contributed by atoms with Crippen LogP contribution in [0.25, 0.3) is 0 Å². The highest BCUT2D eigenvalue weighted by atomic mass is 79.9. The summed E-state index contributed by atoms with van der Waals surface area (Å²) in [6, 6.07) is 4.85. The number of nitrogens with one attached hydrogen (secondary N) is 1. The molecule has 0 radical (unpaired) electrons. The fourth-order valence-electron chi connectivity index (χ4n) is 1.77. The number of hydrogen-bond donors (Lipinski definition) is 1. The average Bonchev–Trinajstić information content (AvgIpc) is 2.44. The summed E-state index contributed by atoms with van der Waals surface area (Å²) >= 11 is 3.38. The van der Waals surface area contributed by atoms with E-state index in [-0.39, 0.29) is 22.8 Å². The molecule has 0 aliphatic heterocycles. The molecule has 3 nitrogen and oxygen atoms in total. The first kappa shape index (κ1) is 17.8. The van der Waals surface area contributed by atoms with Crippen LogP contribution in [0.15, 0.2) is 24.3 Å². The Hall–Kier alpha value is -1.24. The monoisotopic (exact) mass is 367 g/mol. The van der Waals surface area contributed by atoms with Crippen LogP contribution in [0, 0.1) is 0 Å². The Kier molecular flexibility index (Phi) is 6.07. The van der Waals surface area contributed by atoms with Gasteiger partial charge in [0.2, 0.25) is 0 Å². The zero-order chi connectivity index (χ0) is 16.1. The molecule has 118 valence electrons. The molecule has 1 rings (SSSR count). The highest BCUT2D eigenvalue weighted by Gasteiger charge is 2.31. The smallest absolute Gasteiger partial charge is 0.406 e. The number of alkyl halides is 4. The van der Waals surface area contributed by atoms with E-state index in [1.54, 1.807) is 0 Å². The molecule has 0 heterocycles. The summed E-state index contributed by atoms with van der Waals surface area (Å²) in [6.07, 6.45) is -3.25. The number of benzene rings is 1. The molecule has 0 saturated carbocycles. The Morgan fingerprint density at radius 2 is 1.71 bits per heavy atom. The molecule has 1 aromatic rings. The number of rotatable bonds is 6.